The third-order valence-electron chi connectivity index (χ3n) is 6.09. The Morgan fingerprint density at radius 1 is 1.07 bits per heavy atom. The highest BCUT2D eigenvalue weighted by Crippen LogP contribution is 2.25. The zero-order valence-corrected chi connectivity index (χ0v) is 19.4. The van der Waals surface area contributed by atoms with Gasteiger partial charge in [0.2, 0.25) is 0 Å². The molecule has 0 aliphatic carbocycles. The Balaban J connectivity index is 1.67. The Bertz CT molecular complexity index is 653. The summed E-state index contributed by atoms with van der Waals surface area (Å²) < 4.78 is 0. The highest BCUT2D eigenvalue weighted by Gasteiger charge is 2.27. The summed E-state index contributed by atoms with van der Waals surface area (Å²) in [6.45, 7) is 12.9. The van der Waals surface area contributed by atoms with E-state index >= 15 is 0 Å². The first-order chi connectivity index (χ1) is 14.1. The number of nitrogens with zero attached hydrogens (tertiary/aromatic N) is 3. The van der Waals surface area contributed by atoms with Gasteiger partial charge in [0, 0.05) is 42.9 Å². The first-order valence-electron chi connectivity index (χ1n) is 11.2. The lowest BCUT2D eigenvalue weighted by Gasteiger charge is -2.38. The molecule has 0 saturated carbocycles. The average molecular weight is 418 g/mol. The van der Waals surface area contributed by atoms with E-state index in [1.54, 1.807) is 0 Å². The fourth-order valence-electron chi connectivity index (χ4n) is 4.66. The van der Waals surface area contributed by atoms with Crippen LogP contribution in [0.5, 0.6) is 0 Å². The van der Waals surface area contributed by atoms with E-state index in [9.17, 15) is 0 Å². The molecule has 1 aromatic carbocycles. The van der Waals surface area contributed by atoms with Crippen LogP contribution in [0.1, 0.15) is 42.4 Å². The molecular weight excluding hydrogens is 378 g/mol. The summed E-state index contributed by atoms with van der Waals surface area (Å²) in [4.78, 5) is 10.2. The molecule has 0 unspecified atom stereocenters. The largest absolute Gasteiger partial charge is 0.343 e. The highest BCUT2D eigenvalue weighted by molar-refractivity contribution is 7.99. The lowest BCUT2D eigenvalue weighted by atomic mass is 10.0. The first kappa shape index (κ1) is 22.4. The fraction of sp³-hybridized carbons (Fsp3) is 0.696. The van der Waals surface area contributed by atoms with Crippen molar-refractivity contribution in [1.29, 1.82) is 0 Å². The standard InChI is InChI=1S/C23H39N5S/c1-18-16-19(2)22(20(3)17-18)26-23(25-9-15-29-14-8-24)28-12-6-21(7-13-28)27-10-4-5-11-27/h16-17,21H,4-15,24H2,1-3H3,(H,25,26). The average Bonchev–Trinajstić information content (AvgIpc) is 3.24. The number of nitrogens with one attached hydrogen (secondary N) is 1. The molecule has 3 N–H and O–H groups in total. The molecule has 2 heterocycles. The van der Waals surface area contributed by atoms with Gasteiger partial charge in [-0.2, -0.15) is 11.8 Å². The van der Waals surface area contributed by atoms with E-state index in [2.05, 4.69) is 48.0 Å². The van der Waals surface area contributed by atoms with E-state index in [1.165, 1.54) is 61.2 Å². The van der Waals surface area contributed by atoms with Crippen molar-refractivity contribution in [3.8, 4) is 0 Å². The quantitative estimate of drug-likeness (QED) is 0.403. The smallest absolute Gasteiger partial charge is 0.198 e. The van der Waals surface area contributed by atoms with Gasteiger partial charge in [-0.05, 0) is 70.7 Å². The molecule has 1 aromatic rings. The minimum absolute atomic E-state index is 0.741. The summed E-state index contributed by atoms with van der Waals surface area (Å²) in [5, 5.41) is 3.72. The van der Waals surface area contributed by atoms with Crippen molar-refractivity contribution in [2.45, 2.75) is 52.5 Å². The molecule has 0 aromatic heterocycles. The highest BCUT2D eigenvalue weighted by atomic mass is 32.2. The number of anilines is 1. The molecule has 29 heavy (non-hydrogen) atoms. The Morgan fingerprint density at radius 2 is 1.72 bits per heavy atom. The minimum atomic E-state index is 0.741. The number of hydrogen-bond acceptors (Lipinski definition) is 4. The summed E-state index contributed by atoms with van der Waals surface area (Å²) >= 11 is 1.89. The third kappa shape index (κ3) is 6.37. The van der Waals surface area contributed by atoms with Gasteiger partial charge in [-0.25, -0.2) is 0 Å². The molecule has 0 spiro atoms. The second-order valence-corrected chi connectivity index (χ2v) is 9.69. The van der Waals surface area contributed by atoms with Gasteiger partial charge in [0.1, 0.15) is 0 Å². The molecule has 0 atom stereocenters. The maximum atomic E-state index is 5.62. The van der Waals surface area contributed by atoms with E-state index in [-0.39, 0.29) is 0 Å². The van der Waals surface area contributed by atoms with Crippen LogP contribution in [0.25, 0.3) is 0 Å². The van der Waals surface area contributed by atoms with Crippen molar-refractivity contribution in [2.24, 2.45) is 10.7 Å². The molecular formula is C23H39N5S. The molecule has 3 rings (SSSR count). The van der Waals surface area contributed by atoms with Gasteiger partial charge in [0.15, 0.2) is 5.96 Å². The van der Waals surface area contributed by atoms with Gasteiger partial charge >= 0.3 is 0 Å². The van der Waals surface area contributed by atoms with Gasteiger partial charge in [-0.3, -0.25) is 4.99 Å². The predicted molar refractivity (Wildman–Crippen MR) is 128 cm³/mol. The van der Waals surface area contributed by atoms with Crippen LogP contribution in [0, 0.1) is 20.8 Å². The number of aryl methyl sites for hydroxylation is 3. The van der Waals surface area contributed by atoms with Crippen LogP contribution in [0.2, 0.25) is 0 Å². The third-order valence-corrected chi connectivity index (χ3v) is 7.09. The molecule has 0 bridgehead atoms. The number of rotatable bonds is 7. The van der Waals surface area contributed by atoms with Crippen LogP contribution >= 0.6 is 11.8 Å². The van der Waals surface area contributed by atoms with Crippen LogP contribution in [0.15, 0.2) is 17.1 Å². The number of thioether (sulfide) groups is 1. The monoisotopic (exact) mass is 417 g/mol. The maximum Gasteiger partial charge on any atom is 0.198 e. The van der Waals surface area contributed by atoms with Crippen LogP contribution in [0.3, 0.4) is 0 Å². The van der Waals surface area contributed by atoms with Crippen molar-refractivity contribution in [3.05, 3.63) is 28.8 Å². The summed E-state index contributed by atoms with van der Waals surface area (Å²) in [7, 11) is 0. The Morgan fingerprint density at radius 3 is 2.34 bits per heavy atom. The number of guanidine groups is 1. The normalized spacial score (nSPS) is 19.2. The molecule has 2 aliphatic rings. The molecule has 2 saturated heterocycles. The fourth-order valence-corrected chi connectivity index (χ4v) is 5.25. The van der Waals surface area contributed by atoms with Crippen LogP contribution < -0.4 is 11.1 Å². The van der Waals surface area contributed by atoms with E-state index in [1.807, 2.05) is 11.8 Å². The van der Waals surface area contributed by atoms with E-state index < -0.39 is 0 Å². The topological polar surface area (TPSA) is 56.9 Å². The minimum Gasteiger partial charge on any atom is -0.343 e. The predicted octanol–water partition coefficient (Wildman–Crippen LogP) is 3.63. The number of aliphatic imine (C=N–C) groups is 1. The SMILES string of the molecule is Cc1cc(C)c(NC(=NCCSCCN)N2CCC(N3CCCC3)CC2)c(C)c1. The van der Waals surface area contributed by atoms with Gasteiger partial charge in [0.05, 0.1) is 6.54 Å². The van der Waals surface area contributed by atoms with Gasteiger partial charge in [-0.1, -0.05) is 17.7 Å². The summed E-state index contributed by atoms with van der Waals surface area (Å²) in [5.74, 6) is 3.09. The van der Waals surface area contributed by atoms with Crippen molar-refractivity contribution < 1.29 is 0 Å². The number of piperidine rings is 1. The summed E-state index contributed by atoms with van der Waals surface area (Å²) in [6, 6.07) is 5.27. The molecule has 0 radical (unpaired) electrons. The van der Waals surface area contributed by atoms with E-state index in [4.69, 9.17) is 10.7 Å². The maximum absolute atomic E-state index is 5.62. The van der Waals surface area contributed by atoms with Crippen LogP contribution in [-0.4, -0.2) is 72.6 Å². The van der Waals surface area contributed by atoms with Gasteiger partial charge in [-0.15, -0.1) is 0 Å². The number of nitrogens with two attached hydrogens (primary N) is 1. The zero-order chi connectivity index (χ0) is 20.6. The second-order valence-electron chi connectivity index (χ2n) is 8.47. The van der Waals surface area contributed by atoms with Crippen molar-refractivity contribution >= 4 is 23.4 Å². The lowest BCUT2D eigenvalue weighted by Crippen LogP contribution is -2.48. The Hall–Kier alpha value is -1.24. The first-order valence-corrected chi connectivity index (χ1v) is 12.4. The number of likely N-dealkylation sites (tertiary alicyclic amines) is 2. The molecule has 2 aliphatic heterocycles. The lowest BCUT2D eigenvalue weighted by molar-refractivity contribution is 0.163. The second kappa shape index (κ2) is 11.2. The molecule has 0 amide bonds. The summed E-state index contributed by atoms with van der Waals surface area (Å²) in [6.07, 6.45) is 5.24. The molecule has 6 heteroatoms. The van der Waals surface area contributed by atoms with Gasteiger partial charge < -0.3 is 20.9 Å². The van der Waals surface area contributed by atoms with E-state index in [0.717, 1.165) is 49.7 Å². The molecule has 5 nitrogen and oxygen atoms in total. The number of benzene rings is 1. The van der Waals surface area contributed by atoms with Crippen LogP contribution in [0.4, 0.5) is 5.69 Å². The van der Waals surface area contributed by atoms with Crippen LogP contribution in [-0.2, 0) is 0 Å². The number of hydrogen-bond donors (Lipinski definition) is 2. The Labute approximate surface area is 181 Å². The zero-order valence-electron chi connectivity index (χ0n) is 18.5. The van der Waals surface area contributed by atoms with Gasteiger partial charge in [0.25, 0.3) is 0 Å². The van der Waals surface area contributed by atoms with Crippen molar-refractivity contribution in [3.63, 3.8) is 0 Å². The van der Waals surface area contributed by atoms with Crippen molar-refractivity contribution in [1.82, 2.24) is 9.80 Å². The Kier molecular flexibility index (Phi) is 8.69. The van der Waals surface area contributed by atoms with Crippen molar-refractivity contribution in [2.75, 3.05) is 56.1 Å². The summed E-state index contributed by atoms with van der Waals surface area (Å²) in [5.41, 5.74) is 10.7. The molecule has 162 valence electrons. The molecule has 2 fully saturated rings. The van der Waals surface area contributed by atoms with E-state index in [0.29, 0.717) is 0 Å².